The number of ether oxygens (including phenoxy) is 2. The molecule has 2 aromatic rings. The first-order valence-electron chi connectivity index (χ1n) is 10.0. The van der Waals surface area contributed by atoms with E-state index in [1.807, 2.05) is 0 Å². The van der Waals surface area contributed by atoms with Crippen LogP contribution in [-0.2, 0) is 16.1 Å². The van der Waals surface area contributed by atoms with E-state index in [-0.39, 0.29) is 18.9 Å². The zero-order valence-corrected chi connectivity index (χ0v) is 18.4. The quantitative estimate of drug-likeness (QED) is 0.165. The Hall–Kier alpha value is -3.83. The van der Waals surface area contributed by atoms with Crippen LogP contribution in [0, 0.1) is 5.41 Å². The number of methoxy groups -OCH3 is 2. The fourth-order valence-corrected chi connectivity index (χ4v) is 2.93. The summed E-state index contributed by atoms with van der Waals surface area (Å²) in [6, 6.07) is 10.4. The number of amidine groups is 1. The number of aliphatic hydroxyl groups excluding tert-OH is 2. The number of carbonyl (C=O) groups is 2. The smallest absolute Gasteiger partial charge is 0.245 e. The summed E-state index contributed by atoms with van der Waals surface area (Å²) in [4.78, 5) is 24.8. The first kappa shape index (κ1) is 25.4. The Kier molecular flexibility index (Phi) is 9.45. The van der Waals surface area contributed by atoms with Gasteiger partial charge >= 0.3 is 0 Å². The van der Waals surface area contributed by atoms with Crippen molar-refractivity contribution in [3.8, 4) is 11.5 Å². The van der Waals surface area contributed by atoms with Crippen LogP contribution in [0.5, 0.6) is 11.5 Å². The average Bonchev–Trinajstić information content (AvgIpc) is 2.83. The van der Waals surface area contributed by atoms with Crippen LogP contribution < -0.4 is 31.2 Å². The van der Waals surface area contributed by atoms with E-state index >= 15 is 0 Å². The van der Waals surface area contributed by atoms with Gasteiger partial charge in [-0.15, -0.1) is 0 Å². The van der Waals surface area contributed by atoms with Crippen LogP contribution in [0.3, 0.4) is 0 Å². The van der Waals surface area contributed by atoms with Crippen LogP contribution in [0.25, 0.3) is 0 Å². The van der Waals surface area contributed by atoms with Gasteiger partial charge in [0, 0.05) is 17.8 Å². The second kappa shape index (κ2) is 12.3. The van der Waals surface area contributed by atoms with E-state index in [9.17, 15) is 19.8 Å². The molecule has 0 saturated heterocycles. The Morgan fingerprint density at radius 3 is 2.45 bits per heavy atom. The van der Waals surface area contributed by atoms with Crippen molar-refractivity contribution in [3.63, 3.8) is 0 Å². The molecule has 0 aromatic heterocycles. The van der Waals surface area contributed by atoms with Gasteiger partial charge in [-0.1, -0.05) is 18.2 Å². The highest BCUT2D eigenvalue weighted by Crippen LogP contribution is 2.27. The van der Waals surface area contributed by atoms with Crippen molar-refractivity contribution >= 4 is 23.3 Å². The van der Waals surface area contributed by atoms with E-state index in [1.54, 1.807) is 36.4 Å². The molecule has 2 atom stereocenters. The summed E-state index contributed by atoms with van der Waals surface area (Å²) < 4.78 is 10.4. The average molecular weight is 460 g/mol. The van der Waals surface area contributed by atoms with E-state index in [0.29, 0.717) is 22.7 Å². The Labute approximate surface area is 191 Å². The lowest BCUT2D eigenvalue weighted by molar-refractivity contribution is -0.128. The third-order valence-corrected chi connectivity index (χ3v) is 4.71. The molecule has 2 unspecified atom stereocenters. The monoisotopic (exact) mass is 459 g/mol. The van der Waals surface area contributed by atoms with Crippen LogP contribution in [0.1, 0.15) is 11.1 Å². The molecule has 0 fully saturated rings. The molecule has 11 heteroatoms. The summed E-state index contributed by atoms with van der Waals surface area (Å²) in [5.74, 6) is -0.207. The van der Waals surface area contributed by atoms with Gasteiger partial charge in [-0.3, -0.25) is 15.0 Å². The van der Waals surface area contributed by atoms with Crippen molar-refractivity contribution in [2.45, 2.75) is 18.7 Å². The molecule has 0 saturated carbocycles. The highest BCUT2D eigenvalue weighted by Gasteiger charge is 2.26. The second-order valence-corrected chi connectivity index (χ2v) is 7.05. The number of hydrogen-bond donors (Lipinski definition) is 7. The van der Waals surface area contributed by atoms with Gasteiger partial charge in [0.05, 0.1) is 27.4 Å². The van der Waals surface area contributed by atoms with Gasteiger partial charge in [-0.05, 0) is 29.8 Å². The third-order valence-electron chi connectivity index (χ3n) is 4.71. The molecule has 2 amide bonds. The van der Waals surface area contributed by atoms with Gasteiger partial charge in [-0.25, -0.2) is 0 Å². The van der Waals surface area contributed by atoms with Crippen molar-refractivity contribution in [1.29, 1.82) is 5.41 Å². The molecule has 2 rings (SSSR count). The maximum atomic E-state index is 12.6. The molecule has 8 N–H and O–H groups in total. The van der Waals surface area contributed by atoms with Crippen LogP contribution >= 0.6 is 0 Å². The van der Waals surface area contributed by atoms with Gasteiger partial charge in [0.15, 0.2) is 11.5 Å². The number of nitrogens with one attached hydrogen (secondary N) is 4. The van der Waals surface area contributed by atoms with E-state index < -0.39 is 30.6 Å². The van der Waals surface area contributed by atoms with Crippen LogP contribution in [-0.4, -0.2) is 67.4 Å². The number of nitrogen functional groups attached to an aromatic ring is 1. The molecule has 0 spiro atoms. The number of benzene rings is 2. The number of aliphatic hydroxyl groups is 2. The van der Waals surface area contributed by atoms with Crippen LogP contribution in [0.15, 0.2) is 42.5 Å². The molecule has 178 valence electrons. The molecular formula is C22H29N5O6. The Morgan fingerprint density at radius 1 is 1.09 bits per heavy atom. The number of hydrogen-bond acceptors (Lipinski definition) is 8. The first-order valence-corrected chi connectivity index (χ1v) is 10.0. The van der Waals surface area contributed by atoms with Crippen LogP contribution in [0.2, 0.25) is 0 Å². The summed E-state index contributed by atoms with van der Waals surface area (Å²) in [7, 11) is 3.04. The Morgan fingerprint density at radius 2 is 1.82 bits per heavy atom. The Balaban J connectivity index is 1.94. The fraction of sp³-hybridized carbons (Fsp3) is 0.318. The third kappa shape index (κ3) is 7.37. The summed E-state index contributed by atoms with van der Waals surface area (Å²) in [5, 5.41) is 34.8. The molecule has 11 nitrogen and oxygen atoms in total. The minimum Gasteiger partial charge on any atom is -0.493 e. The van der Waals surface area contributed by atoms with E-state index in [1.165, 1.54) is 20.3 Å². The summed E-state index contributed by atoms with van der Waals surface area (Å²) in [5.41, 5.74) is 7.08. The Bertz CT molecular complexity index is 983. The highest BCUT2D eigenvalue weighted by atomic mass is 16.5. The SMILES string of the molecule is COc1ccc(CNC(=O)CNC(=O)C(Nc2cccc(C(=N)N)c2)C(O)CO)cc1OC. The van der Waals surface area contributed by atoms with Gasteiger partial charge < -0.3 is 41.4 Å². The molecule has 0 bridgehead atoms. The number of carbonyl (C=O) groups excluding carboxylic acids is 2. The second-order valence-electron chi connectivity index (χ2n) is 7.05. The first-order chi connectivity index (χ1) is 15.8. The normalized spacial score (nSPS) is 12.2. The van der Waals surface area contributed by atoms with Crippen molar-refractivity contribution in [1.82, 2.24) is 10.6 Å². The fourth-order valence-electron chi connectivity index (χ4n) is 2.93. The minimum atomic E-state index is -1.43. The van der Waals surface area contributed by atoms with E-state index in [0.717, 1.165) is 5.56 Å². The number of anilines is 1. The predicted octanol–water partition coefficient (Wildman–Crippen LogP) is -0.446. The minimum absolute atomic E-state index is 0.159. The van der Waals surface area contributed by atoms with Gasteiger partial charge in [0.1, 0.15) is 18.0 Å². The molecule has 0 aliphatic rings. The van der Waals surface area contributed by atoms with Crippen molar-refractivity contribution in [3.05, 3.63) is 53.6 Å². The van der Waals surface area contributed by atoms with Gasteiger partial charge in [0.25, 0.3) is 0 Å². The maximum Gasteiger partial charge on any atom is 0.245 e. The summed E-state index contributed by atoms with van der Waals surface area (Å²) in [6.45, 7) is -0.813. The molecule has 0 radical (unpaired) electrons. The van der Waals surface area contributed by atoms with Crippen molar-refractivity contribution in [2.75, 3.05) is 32.7 Å². The molecule has 33 heavy (non-hydrogen) atoms. The van der Waals surface area contributed by atoms with Gasteiger partial charge in [-0.2, -0.15) is 0 Å². The largest absolute Gasteiger partial charge is 0.493 e. The standard InChI is InChI=1S/C22H29N5O6/c1-32-17-7-6-13(8-18(17)33-2)10-25-19(30)11-26-22(31)20(16(29)12-28)27-15-5-3-4-14(9-15)21(23)24/h3-9,16,20,27-29H,10-12H2,1-2H3,(H3,23,24)(H,25,30)(H,26,31). The lowest BCUT2D eigenvalue weighted by atomic mass is 10.1. The molecular weight excluding hydrogens is 430 g/mol. The summed E-state index contributed by atoms with van der Waals surface area (Å²) in [6.07, 6.45) is -1.43. The van der Waals surface area contributed by atoms with Crippen molar-refractivity contribution in [2.24, 2.45) is 5.73 Å². The molecule has 0 heterocycles. The zero-order chi connectivity index (χ0) is 24.4. The van der Waals surface area contributed by atoms with Crippen molar-refractivity contribution < 1.29 is 29.3 Å². The number of rotatable bonds is 12. The summed E-state index contributed by atoms with van der Waals surface area (Å²) >= 11 is 0. The zero-order valence-electron chi connectivity index (χ0n) is 18.4. The molecule has 2 aromatic carbocycles. The van der Waals surface area contributed by atoms with E-state index in [4.69, 9.17) is 20.6 Å². The number of amides is 2. The topological polar surface area (TPSA) is 179 Å². The molecule has 0 aliphatic heterocycles. The lowest BCUT2D eigenvalue weighted by Crippen LogP contribution is -2.50. The van der Waals surface area contributed by atoms with E-state index in [2.05, 4.69) is 16.0 Å². The lowest BCUT2D eigenvalue weighted by Gasteiger charge is -2.23. The number of nitrogens with two attached hydrogens (primary N) is 1. The molecule has 0 aliphatic carbocycles. The maximum absolute atomic E-state index is 12.6. The van der Waals surface area contributed by atoms with Crippen LogP contribution in [0.4, 0.5) is 5.69 Å². The predicted molar refractivity (Wildman–Crippen MR) is 122 cm³/mol. The highest BCUT2D eigenvalue weighted by molar-refractivity contribution is 5.96. The van der Waals surface area contributed by atoms with Gasteiger partial charge in [0.2, 0.25) is 11.8 Å².